The molecule has 0 radical (unpaired) electrons. The van der Waals surface area contributed by atoms with Crippen LogP contribution < -0.4 is 0 Å². The Bertz CT molecular complexity index is 479. The molecule has 0 aliphatic carbocycles. The molecule has 3 heteroatoms. The van der Waals surface area contributed by atoms with Crippen molar-refractivity contribution >= 4 is 11.5 Å². The highest BCUT2D eigenvalue weighted by Gasteiger charge is 2.20. The van der Waals surface area contributed by atoms with E-state index in [-0.39, 0.29) is 5.41 Å². The molecule has 3 nitrogen and oxygen atoms in total. The lowest BCUT2D eigenvalue weighted by atomic mass is 9.81. The maximum Gasteiger partial charge on any atom is 0.368 e. The summed E-state index contributed by atoms with van der Waals surface area (Å²) in [5.74, 6) is -0.712. The minimum Gasteiger partial charge on any atom is -0.296 e. The summed E-state index contributed by atoms with van der Waals surface area (Å²) in [6.45, 7) is 9.88. The summed E-state index contributed by atoms with van der Waals surface area (Å²) < 4.78 is 0. The summed E-state index contributed by atoms with van der Waals surface area (Å²) in [4.78, 5) is 15.1. The van der Waals surface area contributed by atoms with Gasteiger partial charge in [-0.2, -0.15) is 5.26 Å². The van der Waals surface area contributed by atoms with Gasteiger partial charge in [-0.3, -0.25) is 4.89 Å². The first-order valence-electron chi connectivity index (χ1n) is 5.92. The molecule has 0 heterocycles. The third-order valence-electron chi connectivity index (χ3n) is 3.09. The van der Waals surface area contributed by atoms with Crippen molar-refractivity contribution in [2.24, 2.45) is 0 Å². The smallest absolute Gasteiger partial charge is 0.296 e. The molecule has 1 aromatic carbocycles. The molecule has 0 aliphatic heterocycles. The van der Waals surface area contributed by atoms with Gasteiger partial charge in [-0.15, -0.1) is 0 Å². The van der Waals surface area contributed by atoms with Crippen LogP contribution in [0.1, 0.15) is 45.7 Å². The van der Waals surface area contributed by atoms with Crippen molar-refractivity contribution in [2.75, 3.05) is 0 Å². The largest absolute Gasteiger partial charge is 0.368 e. The molecule has 18 heavy (non-hydrogen) atoms. The first kappa shape index (κ1) is 14.5. The Balaban J connectivity index is 3.39. The van der Waals surface area contributed by atoms with Crippen molar-refractivity contribution in [3.63, 3.8) is 0 Å². The quantitative estimate of drug-likeness (QED) is 0.492. The third-order valence-corrected chi connectivity index (χ3v) is 3.09. The maximum atomic E-state index is 11.4. The first-order chi connectivity index (χ1) is 8.29. The number of carbonyl (C=O) groups excluding carboxylic acids is 1. The van der Waals surface area contributed by atoms with E-state index >= 15 is 0 Å². The number of hydrogen-bond acceptors (Lipinski definition) is 3. The van der Waals surface area contributed by atoms with Gasteiger partial charge in [0, 0.05) is 5.57 Å². The van der Waals surface area contributed by atoms with Gasteiger partial charge in [0.05, 0.1) is 0 Å². The van der Waals surface area contributed by atoms with E-state index in [9.17, 15) is 4.79 Å². The highest BCUT2D eigenvalue weighted by molar-refractivity contribution is 5.96. The second-order valence-electron chi connectivity index (χ2n) is 5.42. The van der Waals surface area contributed by atoms with E-state index in [0.29, 0.717) is 5.57 Å². The molecule has 1 rings (SSSR count). The normalized spacial score (nSPS) is 13.0. The molecule has 1 aromatic rings. The topological polar surface area (TPSA) is 46.5 Å². The Kier molecular flexibility index (Phi) is 4.30. The minimum atomic E-state index is -0.712. The van der Waals surface area contributed by atoms with Gasteiger partial charge < -0.3 is 0 Å². The van der Waals surface area contributed by atoms with Crippen LogP contribution in [0.3, 0.4) is 0 Å². The zero-order valence-electron chi connectivity index (χ0n) is 11.6. The van der Waals surface area contributed by atoms with Crippen molar-refractivity contribution < 1.29 is 14.9 Å². The lowest BCUT2D eigenvalue weighted by Crippen LogP contribution is -2.14. The summed E-state index contributed by atoms with van der Waals surface area (Å²) >= 11 is 0. The number of rotatable bonds is 2. The van der Waals surface area contributed by atoms with Crippen LogP contribution in [0, 0.1) is 0 Å². The molecule has 1 N–H and O–H groups in total. The molecular formula is C15H20O3. The lowest BCUT2D eigenvalue weighted by molar-refractivity contribution is -0.229. The summed E-state index contributed by atoms with van der Waals surface area (Å²) in [6.07, 6.45) is 0. The van der Waals surface area contributed by atoms with Crippen molar-refractivity contribution in [3.8, 4) is 0 Å². The van der Waals surface area contributed by atoms with E-state index in [2.05, 4.69) is 31.7 Å². The molecular weight excluding hydrogens is 228 g/mol. The lowest BCUT2D eigenvalue weighted by Gasteiger charge is -2.23. The van der Waals surface area contributed by atoms with Crippen molar-refractivity contribution in [2.45, 2.75) is 40.0 Å². The Morgan fingerprint density at radius 2 is 1.72 bits per heavy atom. The fraction of sp³-hybridized carbons (Fsp3) is 0.400. The summed E-state index contributed by atoms with van der Waals surface area (Å²) in [6, 6.07) is 7.95. The van der Waals surface area contributed by atoms with Gasteiger partial charge in [-0.25, -0.2) is 4.79 Å². The van der Waals surface area contributed by atoms with Crippen LogP contribution >= 0.6 is 0 Å². The first-order valence-corrected chi connectivity index (χ1v) is 5.92. The molecule has 0 amide bonds. The fourth-order valence-electron chi connectivity index (χ4n) is 1.89. The fourth-order valence-corrected chi connectivity index (χ4v) is 1.89. The molecule has 98 valence electrons. The van der Waals surface area contributed by atoms with Crippen LogP contribution in [0.4, 0.5) is 0 Å². The molecule has 0 saturated carbocycles. The Hall–Kier alpha value is -1.61. The molecule has 0 atom stereocenters. The van der Waals surface area contributed by atoms with E-state index in [1.165, 1.54) is 0 Å². The number of benzene rings is 1. The third kappa shape index (κ3) is 2.99. The summed E-state index contributed by atoms with van der Waals surface area (Å²) in [5, 5.41) is 8.45. The Morgan fingerprint density at radius 3 is 2.22 bits per heavy atom. The van der Waals surface area contributed by atoms with Gasteiger partial charge in [0.15, 0.2) is 0 Å². The molecule has 0 saturated heterocycles. The zero-order chi connectivity index (χ0) is 13.9. The molecule has 0 unspecified atom stereocenters. The molecule has 0 aliphatic rings. The predicted octanol–water partition coefficient (Wildman–Crippen LogP) is 3.79. The molecule has 0 fully saturated rings. The number of allylic oxidation sites excluding steroid dienone is 1. The Morgan fingerprint density at radius 1 is 1.17 bits per heavy atom. The van der Waals surface area contributed by atoms with Crippen molar-refractivity contribution in [1.82, 2.24) is 0 Å². The molecule has 0 aromatic heterocycles. The average Bonchev–Trinajstić information content (AvgIpc) is 2.35. The highest BCUT2D eigenvalue weighted by Crippen LogP contribution is 2.31. The zero-order valence-corrected chi connectivity index (χ0v) is 11.6. The average molecular weight is 248 g/mol. The van der Waals surface area contributed by atoms with E-state index in [1.807, 2.05) is 25.1 Å². The van der Waals surface area contributed by atoms with Crippen molar-refractivity contribution in [1.29, 1.82) is 0 Å². The van der Waals surface area contributed by atoms with Crippen LogP contribution in [0.25, 0.3) is 5.57 Å². The molecule has 0 spiro atoms. The standard InChI is InChI=1S/C15H20O3/c1-10(11(2)14(16)18-17)12-8-6-7-9-13(12)15(3,4)5/h6-9,17H,1-5H3. The second-order valence-corrected chi connectivity index (χ2v) is 5.42. The van der Waals surface area contributed by atoms with Gasteiger partial charge >= 0.3 is 5.97 Å². The van der Waals surface area contributed by atoms with Crippen LogP contribution in [0.5, 0.6) is 0 Å². The van der Waals surface area contributed by atoms with Gasteiger partial charge in [0.1, 0.15) is 0 Å². The van der Waals surface area contributed by atoms with Gasteiger partial charge in [0.2, 0.25) is 0 Å². The van der Waals surface area contributed by atoms with Crippen molar-refractivity contribution in [3.05, 3.63) is 41.0 Å². The highest BCUT2D eigenvalue weighted by atomic mass is 17.1. The van der Waals surface area contributed by atoms with E-state index < -0.39 is 5.97 Å². The van der Waals surface area contributed by atoms with Gasteiger partial charge in [0.25, 0.3) is 0 Å². The second kappa shape index (κ2) is 5.36. The van der Waals surface area contributed by atoms with Crippen LogP contribution in [-0.2, 0) is 15.1 Å². The van der Waals surface area contributed by atoms with E-state index in [0.717, 1.165) is 16.7 Å². The van der Waals surface area contributed by atoms with Gasteiger partial charge in [-0.1, -0.05) is 45.0 Å². The molecule has 0 bridgehead atoms. The maximum absolute atomic E-state index is 11.4. The van der Waals surface area contributed by atoms with Crippen LogP contribution in [-0.4, -0.2) is 11.2 Å². The minimum absolute atomic E-state index is 0.0126. The predicted molar refractivity (Wildman–Crippen MR) is 72.1 cm³/mol. The monoisotopic (exact) mass is 248 g/mol. The number of carbonyl (C=O) groups is 1. The Labute approximate surface area is 108 Å². The SMILES string of the molecule is CC(C(=O)OO)=C(C)c1ccccc1C(C)(C)C. The van der Waals surface area contributed by atoms with E-state index in [4.69, 9.17) is 5.26 Å². The number of hydrogen-bond donors (Lipinski definition) is 1. The van der Waals surface area contributed by atoms with E-state index in [1.54, 1.807) is 6.92 Å². The summed E-state index contributed by atoms with van der Waals surface area (Å²) in [7, 11) is 0. The summed E-state index contributed by atoms with van der Waals surface area (Å²) in [5.41, 5.74) is 3.38. The van der Waals surface area contributed by atoms with Crippen LogP contribution in [0.2, 0.25) is 0 Å². The van der Waals surface area contributed by atoms with Gasteiger partial charge in [-0.05, 0) is 36.0 Å². The van der Waals surface area contributed by atoms with Crippen LogP contribution in [0.15, 0.2) is 29.8 Å².